The number of anilines is 2. The molecule has 0 aliphatic rings. The monoisotopic (exact) mass is 396 g/mol. The molecular formula is C22H28N4O3. The fourth-order valence-electron chi connectivity index (χ4n) is 2.52. The van der Waals surface area contributed by atoms with E-state index in [1.807, 2.05) is 13.8 Å². The summed E-state index contributed by atoms with van der Waals surface area (Å²) >= 11 is 0. The van der Waals surface area contributed by atoms with E-state index in [0.717, 1.165) is 6.42 Å². The average Bonchev–Trinajstić information content (AvgIpc) is 2.72. The van der Waals surface area contributed by atoms with E-state index in [4.69, 9.17) is 0 Å². The predicted octanol–water partition coefficient (Wildman–Crippen LogP) is 2.97. The van der Waals surface area contributed by atoms with Crippen molar-refractivity contribution in [3.05, 3.63) is 59.7 Å². The van der Waals surface area contributed by atoms with Crippen LogP contribution in [0.1, 0.15) is 41.0 Å². The van der Waals surface area contributed by atoms with Gasteiger partial charge < -0.3 is 20.9 Å². The fourth-order valence-corrected chi connectivity index (χ4v) is 2.52. The Bertz CT molecular complexity index is 863. The van der Waals surface area contributed by atoms with Gasteiger partial charge in [-0.2, -0.15) is 0 Å². The van der Waals surface area contributed by atoms with E-state index in [1.54, 1.807) is 62.6 Å². The lowest BCUT2D eigenvalue weighted by molar-refractivity contribution is -0.114. The summed E-state index contributed by atoms with van der Waals surface area (Å²) in [6, 6.07) is 13.9. The maximum Gasteiger partial charge on any atom is 0.253 e. The lowest BCUT2D eigenvalue weighted by Gasteiger charge is -2.13. The number of carbonyl (C=O) groups is 3. The molecule has 29 heavy (non-hydrogen) atoms. The summed E-state index contributed by atoms with van der Waals surface area (Å²) in [7, 11) is 3.38. The topological polar surface area (TPSA) is 90.5 Å². The van der Waals surface area contributed by atoms with Gasteiger partial charge in [0.2, 0.25) is 5.91 Å². The highest BCUT2D eigenvalue weighted by molar-refractivity contribution is 5.97. The molecule has 0 aromatic heterocycles. The van der Waals surface area contributed by atoms with Crippen molar-refractivity contribution in [2.24, 2.45) is 0 Å². The quantitative estimate of drug-likeness (QED) is 0.640. The van der Waals surface area contributed by atoms with Gasteiger partial charge in [-0.05, 0) is 55.8 Å². The second-order valence-electron chi connectivity index (χ2n) is 7.04. The molecule has 0 heterocycles. The zero-order valence-electron chi connectivity index (χ0n) is 17.3. The van der Waals surface area contributed by atoms with E-state index in [-0.39, 0.29) is 30.3 Å². The number of hydrogen-bond acceptors (Lipinski definition) is 4. The first-order valence-electron chi connectivity index (χ1n) is 9.56. The molecule has 0 spiro atoms. The number of nitrogens with zero attached hydrogens (tertiary/aromatic N) is 1. The van der Waals surface area contributed by atoms with Crippen LogP contribution in [0.3, 0.4) is 0 Å². The molecule has 0 fully saturated rings. The Kier molecular flexibility index (Phi) is 7.77. The van der Waals surface area contributed by atoms with Crippen LogP contribution < -0.4 is 16.0 Å². The van der Waals surface area contributed by atoms with Crippen molar-refractivity contribution >= 4 is 29.1 Å². The highest BCUT2D eigenvalue weighted by atomic mass is 16.2. The van der Waals surface area contributed by atoms with Gasteiger partial charge >= 0.3 is 0 Å². The third kappa shape index (κ3) is 6.64. The van der Waals surface area contributed by atoms with E-state index in [1.165, 1.54) is 4.90 Å². The molecule has 0 aliphatic carbocycles. The van der Waals surface area contributed by atoms with Crippen LogP contribution in [0.2, 0.25) is 0 Å². The van der Waals surface area contributed by atoms with Crippen LogP contribution in [-0.4, -0.2) is 49.3 Å². The summed E-state index contributed by atoms with van der Waals surface area (Å²) in [5.41, 5.74) is 2.38. The molecule has 154 valence electrons. The van der Waals surface area contributed by atoms with Crippen LogP contribution in [0.5, 0.6) is 0 Å². The van der Waals surface area contributed by atoms with Crippen molar-refractivity contribution in [1.82, 2.24) is 10.2 Å². The third-order valence-corrected chi connectivity index (χ3v) is 4.39. The highest BCUT2D eigenvalue weighted by Gasteiger charge is 2.10. The first kappa shape index (κ1) is 21.9. The van der Waals surface area contributed by atoms with Crippen LogP contribution in [0.15, 0.2) is 48.5 Å². The van der Waals surface area contributed by atoms with Gasteiger partial charge in [0.25, 0.3) is 11.8 Å². The van der Waals surface area contributed by atoms with Gasteiger partial charge in [0.15, 0.2) is 0 Å². The van der Waals surface area contributed by atoms with Gasteiger partial charge in [-0.25, -0.2) is 0 Å². The Morgan fingerprint density at radius 1 is 0.966 bits per heavy atom. The zero-order valence-corrected chi connectivity index (χ0v) is 17.3. The number of amides is 3. The fraction of sp³-hybridized carbons (Fsp3) is 0.318. The summed E-state index contributed by atoms with van der Waals surface area (Å²) < 4.78 is 0. The molecule has 1 unspecified atom stereocenters. The predicted molar refractivity (Wildman–Crippen MR) is 115 cm³/mol. The molecule has 7 nitrogen and oxygen atoms in total. The molecule has 2 aromatic carbocycles. The minimum Gasteiger partial charge on any atom is -0.376 e. The summed E-state index contributed by atoms with van der Waals surface area (Å²) in [5.74, 6) is -0.465. The van der Waals surface area contributed by atoms with E-state index in [0.29, 0.717) is 22.5 Å². The number of rotatable bonds is 8. The molecule has 3 N–H and O–H groups in total. The second kappa shape index (κ2) is 10.3. The molecule has 0 aliphatic heterocycles. The smallest absolute Gasteiger partial charge is 0.253 e. The van der Waals surface area contributed by atoms with Crippen LogP contribution in [0, 0.1) is 0 Å². The lowest BCUT2D eigenvalue weighted by Crippen LogP contribution is -2.31. The summed E-state index contributed by atoms with van der Waals surface area (Å²) in [4.78, 5) is 37.8. The van der Waals surface area contributed by atoms with Crippen LogP contribution in [-0.2, 0) is 4.79 Å². The number of hydrogen-bond donors (Lipinski definition) is 3. The molecule has 3 amide bonds. The lowest BCUT2D eigenvalue weighted by atomic mass is 10.1. The second-order valence-corrected chi connectivity index (χ2v) is 7.04. The van der Waals surface area contributed by atoms with Crippen molar-refractivity contribution in [2.75, 3.05) is 31.3 Å². The van der Waals surface area contributed by atoms with Crippen LogP contribution in [0.4, 0.5) is 11.4 Å². The Labute approximate surface area is 171 Å². The SMILES string of the molecule is CCC(C)NC(=O)c1ccc(NC(=O)CNc2cccc(C(=O)N(C)C)c2)cc1. The van der Waals surface area contributed by atoms with Crippen molar-refractivity contribution < 1.29 is 14.4 Å². The Morgan fingerprint density at radius 2 is 1.66 bits per heavy atom. The van der Waals surface area contributed by atoms with Gasteiger partial charge in [-0.3, -0.25) is 14.4 Å². The molecule has 0 saturated heterocycles. The van der Waals surface area contributed by atoms with Gasteiger partial charge in [0, 0.05) is 42.6 Å². The highest BCUT2D eigenvalue weighted by Crippen LogP contribution is 2.13. The summed E-state index contributed by atoms with van der Waals surface area (Å²) in [6.45, 7) is 4.01. The molecule has 0 radical (unpaired) electrons. The Hall–Kier alpha value is -3.35. The first-order valence-corrected chi connectivity index (χ1v) is 9.56. The third-order valence-electron chi connectivity index (χ3n) is 4.39. The maximum absolute atomic E-state index is 12.2. The molecule has 2 aromatic rings. The van der Waals surface area contributed by atoms with Crippen LogP contribution in [0.25, 0.3) is 0 Å². The van der Waals surface area contributed by atoms with Crippen molar-refractivity contribution in [2.45, 2.75) is 26.3 Å². The van der Waals surface area contributed by atoms with Crippen molar-refractivity contribution in [1.29, 1.82) is 0 Å². The molecule has 0 bridgehead atoms. The van der Waals surface area contributed by atoms with Gasteiger partial charge in [-0.1, -0.05) is 13.0 Å². The van der Waals surface area contributed by atoms with E-state index in [2.05, 4.69) is 16.0 Å². The first-order chi connectivity index (χ1) is 13.8. The Balaban J connectivity index is 1.89. The van der Waals surface area contributed by atoms with E-state index in [9.17, 15) is 14.4 Å². The van der Waals surface area contributed by atoms with Gasteiger partial charge in [0.05, 0.1) is 6.54 Å². The molecule has 0 saturated carbocycles. The minimum absolute atomic E-state index is 0.0514. The minimum atomic E-state index is -0.230. The average molecular weight is 396 g/mol. The molecular weight excluding hydrogens is 368 g/mol. The zero-order chi connectivity index (χ0) is 21.4. The van der Waals surface area contributed by atoms with Crippen molar-refractivity contribution in [3.63, 3.8) is 0 Å². The number of nitrogens with one attached hydrogen (secondary N) is 3. The van der Waals surface area contributed by atoms with Gasteiger partial charge in [0.1, 0.15) is 0 Å². The summed E-state index contributed by atoms with van der Waals surface area (Å²) in [5, 5.41) is 8.69. The number of carbonyl (C=O) groups excluding carboxylic acids is 3. The standard InChI is InChI=1S/C22H28N4O3/c1-5-15(2)24-21(28)16-9-11-18(12-10-16)25-20(27)14-23-19-8-6-7-17(13-19)22(29)26(3)4/h6-13,15,23H,5,14H2,1-4H3,(H,24,28)(H,25,27). The van der Waals surface area contributed by atoms with Crippen LogP contribution >= 0.6 is 0 Å². The maximum atomic E-state index is 12.2. The molecule has 7 heteroatoms. The molecule has 2 rings (SSSR count). The normalized spacial score (nSPS) is 11.3. The largest absolute Gasteiger partial charge is 0.376 e. The van der Waals surface area contributed by atoms with Gasteiger partial charge in [-0.15, -0.1) is 0 Å². The van der Waals surface area contributed by atoms with E-state index >= 15 is 0 Å². The Morgan fingerprint density at radius 3 is 2.28 bits per heavy atom. The summed E-state index contributed by atoms with van der Waals surface area (Å²) in [6.07, 6.45) is 0.860. The number of benzene rings is 2. The van der Waals surface area contributed by atoms with E-state index < -0.39 is 0 Å². The molecule has 1 atom stereocenters. The van der Waals surface area contributed by atoms with Crippen molar-refractivity contribution in [3.8, 4) is 0 Å².